The summed E-state index contributed by atoms with van der Waals surface area (Å²) >= 11 is 5.84. The van der Waals surface area contributed by atoms with Gasteiger partial charge in [-0.3, -0.25) is 10.1 Å². The molecule has 0 unspecified atom stereocenters. The van der Waals surface area contributed by atoms with E-state index in [0.29, 0.717) is 5.56 Å². The highest BCUT2D eigenvalue weighted by Gasteiger charge is 2.21. The van der Waals surface area contributed by atoms with Crippen LogP contribution in [0.2, 0.25) is 5.15 Å². The van der Waals surface area contributed by atoms with E-state index < -0.39 is 14.9 Å². The minimum Gasteiger partial charge on any atom is -0.324 e. The predicted octanol–water partition coefficient (Wildman–Crippen LogP) is 1.46. The van der Waals surface area contributed by atoms with Crippen molar-refractivity contribution in [1.82, 2.24) is 14.3 Å². The molecule has 0 amide bonds. The molecule has 1 N–H and O–H groups in total. The van der Waals surface area contributed by atoms with Crippen LogP contribution in [0.25, 0.3) is 0 Å². The van der Waals surface area contributed by atoms with Gasteiger partial charge in [0.25, 0.3) is 15.7 Å². The van der Waals surface area contributed by atoms with Crippen LogP contribution in [0.3, 0.4) is 0 Å². The third-order valence-electron chi connectivity index (χ3n) is 2.70. The summed E-state index contributed by atoms with van der Waals surface area (Å²) in [6.45, 7) is -0.0206. The minimum atomic E-state index is -3.84. The van der Waals surface area contributed by atoms with Gasteiger partial charge in [0.1, 0.15) is 5.15 Å². The normalized spacial score (nSPS) is 11.5. The van der Waals surface area contributed by atoms with Gasteiger partial charge in [0.15, 0.2) is 0 Å². The maximum Gasteiger partial charge on any atom is 0.269 e. The summed E-state index contributed by atoms with van der Waals surface area (Å²) in [5.41, 5.74) is 0.519. The molecule has 0 aliphatic rings. The zero-order valence-electron chi connectivity index (χ0n) is 10.9. The number of nitro benzene ring substituents is 1. The van der Waals surface area contributed by atoms with Gasteiger partial charge >= 0.3 is 0 Å². The topological polar surface area (TPSA) is 107 Å². The summed E-state index contributed by atoms with van der Waals surface area (Å²) < 4.78 is 27.8. The number of rotatable bonds is 5. The second-order valence-electron chi connectivity index (χ2n) is 4.20. The van der Waals surface area contributed by atoms with Gasteiger partial charge in [-0.1, -0.05) is 23.7 Å². The Morgan fingerprint density at radius 1 is 1.38 bits per heavy atom. The molecule has 10 heteroatoms. The van der Waals surface area contributed by atoms with Gasteiger partial charge in [0.2, 0.25) is 5.03 Å². The second-order valence-corrected chi connectivity index (χ2v) is 6.24. The van der Waals surface area contributed by atoms with E-state index in [0.717, 1.165) is 0 Å². The summed E-state index contributed by atoms with van der Waals surface area (Å²) in [5, 5.41) is 10.3. The van der Waals surface area contributed by atoms with E-state index in [1.807, 2.05) is 0 Å². The molecule has 0 atom stereocenters. The van der Waals surface area contributed by atoms with Crippen LogP contribution in [0, 0.1) is 10.1 Å². The van der Waals surface area contributed by atoms with Crippen LogP contribution < -0.4 is 4.72 Å². The summed E-state index contributed by atoms with van der Waals surface area (Å²) in [5.74, 6) is 0. The molecule has 2 rings (SSSR count). The number of nitrogens with one attached hydrogen (secondary N) is 1. The highest BCUT2D eigenvalue weighted by atomic mass is 35.5. The Bertz CT molecular complexity index is 770. The molecular weight excluding hydrogens is 320 g/mol. The van der Waals surface area contributed by atoms with Crippen LogP contribution in [-0.4, -0.2) is 22.9 Å². The lowest BCUT2D eigenvalue weighted by molar-refractivity contribution is -0.384. The van der Waals surface area contributed by atoms with Gasteiger partial charge in [-0.05, 0) is 5.56 Å². The van der Waals surface area contributed by atoms with Gasteiger partial charge in [0.05, 0.1) is 11.3 Å². The van der Waals surface area contributed by atoms with E-state index in [4.69, 9.17) is 11.6 Å². The Morgan fingerprint density at radius 3 is 2.48 bits per heavy atom. The fourth-order valence-corrected chi connectivity index (χ4v) is 3.00. The lowest BCUT2D eigenvalue weighted by atomic mass is 10.2. The van der Waals surface area contributed by atoms with Crippen LogP contribution in [0.15, 0.2) is 35.6 Å². The zero-order chi connectivity index (χ0) is 15.6. The van der Waals surface area contributed by atoms with Gasteiger partial charge in [-0.15, -0.1) is 0 Å². The van der Waals surface area contributed by atoms with Crippen molar-refractivity contribution in [2.45, 2.75) is 11.6 Å². The SMILES string of the molecule is Cn1cnc(S(=O)(=O)NCc2ccc([N+](=O)[O-])cc2)c1Cl. The third kappa shape index (κ3) is 3.38. The van der Waals surface area contributed by atoms with Crippen LogP contribution in [0.5, 0.6) is 0 Å². The molecule has 0 fully saturated rings. The van der Waals surface area contributed by atoms with Crippen molar-refractivity contribution in [3.8, 4) is 0 Å². The Hall–Kier alpha value is -1.97. The second kappa shape index (κ2) is 5.80. The highest BCUT2D eigenvalue weighted by Crippen LogP contribution is 2.19. The number of benzene rings is 1. The molecule has 0 spiro atoms. The van der Waals surface area contributed by atoms with Gasteiger partial charge in [-0.2, -0.15) is 0 Å². The summed E-state index contributed by atoms with van der Waals surface area (Å²) in [6.07, 6.45) is 1.29. The zero-order valence-corrected chi connectivity index (χ0v) is 12.4. The standard InChI is InChI=1S/C11H11ClN4O4S/c1-15-7-13-11(10(15)12)21(19,20)14-6-8-2-4-9(5-3-8)16(17)18/h2-5,7,14H,6H2,1H3. The van der Waals surface area contributed by atoms with Crippen molar-refractivity contribution in [2.75, 3.05) is 0 Å². The number of aryl methyl sites for hydroxylation is 1. The van der Waals surface area contributed by atoms with Crippen molar-refractivity contribution in [2.24, 2.45) is 7.05 Å². The highest BCUT2D eigenvalue weighted by molar-refractivity contribution is 7.89. The van der Waals surface area contributed by atoms with E-state index in [9.17, 15) is 18.5 Å². The van der Waals surface area contributed by atoms with E-state index in [2.05, 4.69) is 9.71 Å². The lowest BCUT2D eigenvalue weighted by Crippen LogP contribution is -2.24. The molecule has 0 aliphatic carbocycles. The van der Waals surface area contributed by atoms with Crippen molar-refractivity contribution in [1.29, 1.82) is 0 Å². The molecule has 2 aromatic rings. The van der Waals surface area contributed by atoms with Crippen molar-refractivity contribution < 1.29 is 13.3 Å². The number of halogens is 1. The maximum absolute atomic E-state index is 12.0. The largest absolute Gasteiger partial charge is 0.324 e. The molecule has 0 aliphatic heterocycles. The van der Waals surface area contributed by atoms with Gasteiger partial charge < -0.3 is 4.57 Å². The average Bonchev–Trinajstić information content (AvgIpc) is 2.78. The van der Waals surface area contributed by atoms with Gasteiger partial charge in [0, 0.05) is 25.7 Å². The fraction of sp³-hybridized carbons (Fsp3) is 0.182. The van der Waals surface area contributed by atoms with Crippen molar-refractivity contribution >= 4 is 27.3 Å². The van der Waals surface area contributed by atoms with Crippen molar-refractivity contribution in [3.63, 3.8) is 0 Å². The molecule has 0 bridgehead atoms. The Labute approximate surface area is 125 Å². The quantitative estimate of drug-likeness (QED) is 0.659. The predicted molar refractivity (Wildman–Crippen MR) is 75.3 cm³/mol. The first kappa shape index (κ1) is 15.4. The Kier molecular flexibility index (Phi) is 4.26. The molecule has 0 saturated heterocycles. The summed E-state index contributed by atoms with van der Waals surface area (Å²) in [4.78, 5) is 13.7. The molecule has 8 nitrogen and oxygen atoms in total. The minimum absolute atomic E-state index is 0.00574. The fourth-order valence-electron chi connectivity index (χ4n) is 1.56. The first-order chi connectivity index (χ1) is 9.81. The number of aromatic nitrogens is 2. The monoisotopic (exact) mass is 330 g/mol. The van der Waals surface area contributed by atoms with E-state index in [1.54, 1.807) is 7.05 Å². The van der Waals surface area contributed by atoms with Gasteiger partial charge in [-0.25, -0.2) is 18.1 Å². The molecular formula is C11H11ClN4O4S. The first-order valence-corrected chi connectivity index (χ1v) is 7.57. The van der Waals surface area contributed by atoms with E-state index in [1.165, 1.54) is 35.2 Å². The summed E-state index contributed by atoms with van der Waals surface area (Å²) in [6, 6.07) is 5.55. The number of imidazole rings is 1. The number of nitrogens with zero attached hydrogens (tertiary/aromatic N) is 3. The average molecular weight is 331 g/mol. The third-order valence-corrected chi connectivity index (χ3v) is 4.59. The molecule has 112 valence electrons. The van der Waals surface area contributed by atoms with E-state index in [-0.39, 0.29) is 22.4 Å². The number of nitro groups is 1. The molecule has 1 aromatic heterocycles. The number of hydrogen-bond acceptors (Lipinski definition) is 5. The molecule has 21 heavy (non-hydrogen) atoms. The van der Waals surface area contributed by atoms with Crippen LogP contribution in [0.4, 0.5) is 5.69 Å². The van der Waals surface area contributed by atoms with Crippen molar-refractivity contribution in [3.05, 3.63) is 51.4 Å². The maximum atomic E-state index is 12.0. The smallest absolute Gasteiger partial charge is 0.269 e. The summed E-state index contributed by atoms with van der Waals surface area (Å²) in [7, 11) is -2.27. The lowest BCUT2D eigenvalue weighted by Gasteiger charge is -2.05. The van der Waals surface area contributed by atoms with Crippen LogP contribution in [-0.2, 0) is 23.6 Å². The number of hydrogen-bond donors (Lipinski definition) is 1. The molecule has 0 saturated carbocycles. The van der Waals surface area contributed by atoms with E-state index >= 15 is 0 Å². The number of non-ortho nitro benzene ring substituents is 1. The Balaban J connectivity index is 2.12. The molecule has 1 heterocycles. The number of sulfonamides is 1. The molecule has 1 aromatic carbocycles. The molecule has 0 radical (unpaired) electrons. The van der Waals surface area contributed by atoms with Crippen LogP contribution >= 0.6 is 11.6 Å². The Morgan fingerprint density at radius 2 is 2.00 bits per heavy atom. The van der Waals surface area contributed by atoms with Crippen LogP contribution in [0.1, 0.15) is 5.56 Å². The first-order valence-electron chi connectivity index (χ1n) is 5.71.